The number of rotatable bonds is 6. The van der Waals surface area contributed by atoms with Gasteiger partial charge in [0, 0.05) is 29.7 Å². The molecule has 0 atom stereocenters. The first-order chi connectivity index (χ1) is 8.24. The molecule has 0 aromatic heterocycles. The summed E-state index contributed by atoms with van der Waals surface area (Å²) in [4.78, 5) is 2.29. The minimum atomic E-state index is 0.194. The maximum Gasteiger partial charge on any atom is 0.123 e. The van der Waals surface area contributed by atoms with Crippen LogP contribution in [-0.2, 0) is 6.54 Å². The quantitative estimate of drug-likeness (QED) is 0.847. The topological polar surface area (TPSA) is 32.7 Å². The highest BCUT2D eigenvalue weighted by atomic mass is 35.5. The highest BCUT2D eigenvalue weighted by molar-refractivity contribution is 6.30. The summed E-state index contributed by atoms with van der Waals surface area (Å²) in [6, 6.07) is 6.28. The molecule has 1 N–H and O–H groups in total. The molecule has 1 fully saturated rings. The lowest BCUT2D eigenvalue weighted by Crippen LogP contribution is -2.28. The number of halogens is 1. The van der Waals surface area contributed by atoms with E-state index in [0.29, 0.717) is 12.6 Å². The van der Waals surface area contributed by atoms with Gasteiger partial charge in [0.1, 0.15) is 5.75 Å². The van der Waals surface area contributed by atoms with Crippen LogP contribution in [0.3, 0.4) is 0 Å². The summed E-state index contributed by atoms with van der Waals surface area (Å²) in [6.45, 7) is 1.69. The molecule has 17 heavy (non-hydrogen) atoms. The van der Waals surface area contributed by atoms with Crippen molar-refractivity contribution in [1.82, 2.24) is 4.90 Å². The van der Waals surface area contributed by atoms with Crippen molar-refractivity contribution in [3.05, 3.63) is 28.8 Å². The maximum absolute atomic E-state index is 9.07. The van der Waals surface area contributed by atoms with Crippen LogP contribution in [0, 0.1) is 0 Å². The Labute approximate surface area is 107 Å². The molecule has 0 bridgehead atoms. The predicted molar refractivity (Wildman–Crippen MR) is 68.5 cm³/mol. The van der Waals surface area contributed by atoms with E-state index in [2.05, 4.69) is 4.90 Å². The smallest absolute Gasteiger partial charge is 0.123 e. The Morgan fingerprint density at radius 1 is 1.47 bits per heavy atom. The average molecular weight is 256 g/mol. The summed E-state index contributed by atoms with van der Waals surface area (Å²) in [6.07, 6.45) is 2.45. The largest absolute Gasteiger partial charge is 0.496 e. The van der Waals surface area contributed by atoms with Crippen molar-refractivity contribution >= 4 is 11.6 Å². The summed E-state index contributed by atoms with van der Waals surface area (Å²) >= 11 is 6.01. The fraction of sp³-hybridized carbons (Fsp3) is 0.538. The molecule has 0 heterocycles. The third-order valence-electron chi connectivity index (χ3n) is 3.07. The van der Waals surface area contributed by atoms with Gasteiger partial charge in [-0.3, -0.25) is 4.90 Å². The summed E-state index contributed by atoms with van der Waals surface area (Å²) in [5, 5.41) is 9.80. The van der Waals surface area contributed by atoms with Gasteiger partial charge in [-0.05, 0) is 31.0 Å². The van der Waals surface area contributed by atoms with E-state index >= 15 is 0 Å². The maximum atomic E-state index is 9.07. The molecule has 0 aliphatic heterocycles. The molecule has 3 nitrogen and oxygen atoms in total. The van der Waals surface area contributed by atoms with Gasteiger partial charge in [-0.15, -0.1) is 0 Å². The zero-order chi connectivity index (χ0) is 12.3. The zero-order valence-electron chi connectivity index (χ0n) is 10.0. The van der Waals surface area contributed by atoms with E-state index in [1.54, 1.807) is 7.11 Å². The number of nitrogens with zero attached hydrogens (tertiary/aromatic N) is 1. The van der Waals surface area contributed by atoms with Crippen LogP contribution in [0.5, 0.6) is 5.75 Å². The van der Waals surface area contributed by atoms with Crippen LogP contribution in [0.15, 0.2) is 18.2 Å². The molecule has 0 radical (unpaired) electrons. The molecule has 0 amide bonds. The number of methoxy groups -OCH3 is 1. The molecule has 1 aromatic carbocycles. The molecular weight excluding hydrogens is 238 g/mol. The van der Waals surface area contributed by atoms with Crippen LogP contribution in [-0.4, -0.2) is 36.3 Å². The van der Waals surface area contributed by atoms with Crippen LogP contribution in [0.25, 0.3) is 0 Å². The Balaban J connectivity index is 2.11. The molecule has 0 saturated heterocycles. The lowest BCUT2D eigenvalue weighted by Gasteiger charge is -2.22. The highest BCUT2D eigenvalue weighted by Gasteiger charge is 2.28. The summed E-state index contributed by atoms with van der Waals surface area (Å²) < 4.78 is 5.33. The van der Waals surface area contributed by atoms with Crippen molar-refractivity contribution < 1.29 is 9.84 Å². The van der Waals surface area contributed by atoms with E-state index in [0.717, 1.165) is 22.9 Å². The summed E-state index contributed by atoms with van der Waals surface area (Å²) in [5.41, 5.74) is 1.08. The standard InChI is InChI=1S/C13H18ClNO2/c1-17-13-5-2-11(14)8-10(13)9-15(6-7-16)12-3-4-12/h2,5,8,12,16H,3-4,6-7,9H2,1H3. The van der Waals surface area contributed by atoms with Gasteiger partial charge in [-0.1, -0.05) is 11.6 Å². The minimum Gasteiger partial charge on any atom is -0.496 e. The van der Waals surface area contributed by atoms with E-state index in [4.69, 9.17) is 21.4 Å². The minimum absolute atomic E-state index is 0.194. The van der Waals surface area contributed by atoms with Gasteiger partial charge in [0.15, 0.2) is 0 Å². The van der Waals surface area contributed by atoms with Gasteiger partial charge in [0.25, 0.3) is 0 Å². The SMILES string of the molecule is COc1ccc(Cl)cc1CN(CCO)C1CC1. The Morgan fingerprint density at radius 3 is 2.82 bits per heavy atom. The number of benzene rings is 1. The molecule has 0 unspecified atom stereocenters. The van der Waals surface area contributed by atoms with Crippen molar-refractivity contribution in [2.45, 2.75) is 25.4 Å². The van der Waals surface area contributed by atoms with Gasteiger partial charge in [0.2, 0.25) is 0 Å². The van der Waals surface area contributed by atoms with Crippen LogP contribution in [0.1, 0.15) is 18.4 Å². The van der Waals surface area contributed by atoms with Crippen molar-refractivity contribution in [2.75, 3.05) is 20.3 Å². The van der Waals surface area contributed by atoms with Crippen LogP contribution in [0.2, 0.25) is 5.02 Å². The first-order valence-corrected chi connectivity index (χ1v) is 6.29. The highest BCUT2D eigenvalue weighted by Crippen LogP contribution is 2.31. The molecule has 1 saturated carbocycles. The molecule has 1 aromatic rings. The van der Waals surface area contributed by atoms with Gasteiger partial charge in [-0.2, -0.15) is 0 Å². The molecule has 94 valence electrons. The van der Waals surface area contributed by atoms with Gasteiger partial charge in [-0.25, -0.2) is 0 Å². The van der Waals surface area contributed by atoms with Crippen molar-refractivity contribution in [1.29, 1.82) is 0 Å². The van der Waals surface area contributed by atoms with E-state index in [1.165, 1.54) is 12.8 Å². The van der Waals surface area contributed by atoms with E-state index in [-0.39, 0.29) is 6.61 Å². The summed E-state index contributed by atoms with van der Waals surface area (Å²) in [7, 11) is 1.67. The second kappa shape index (κ2) is 5.71. The van der Waals surface area contributed by atoms with Gasteiger partial charge < -0.3 is 9.84 Å². The number of hydrogen-bond donors (Lipinski definition) is 1. The average Bonchev–Trinajstić information content (AvgIpc) is 3.13. The molecule has 1 aliphatic carbocycles. The lowest BCUT2D eigenvalue weighted by atomic mass is 10.2. The van der Waals surface area contributed by atoms with Crippen LogP contribution >= 0.6 is 11.6 Å². The third-order valence-corrected chi connectivity index (χ3v) is 3.30. The molecule has 1 aliphatic rings. The second-order valence-corrected chi connectivity index (χ2v) is 4.82. The Kier molecular flexibility index (Phi) is 4.26. The van der Waals surface area contributed by atoms with Gasteiger partial charge >= 0.3 is 0 Å². The molecule has 0 spiro atoms. The first kappa shape index (κ1) is 12.7. The summed E-state index contributed by atoms with van der Waals surface area (Å²) in [5.74, 6) is 0.859. The lowest BCUT2D eigenvalue weighted by molar-refractivity contribution is 0.182. The zero-order valence-corrected chi connectivity index (χ0v) is 10.8. The van der Waals surface area contributed by atoms with Crippen molar-refractivity contribution in [3.8, 4) is 5.75 Å². The third kappa shape index (κ3) is 3.35. The predicted octanol–water partition coefficient (Wildman–Crippen LogP) is 2.31. The number of aliphatic hydroxyl groups excluding tert-OH is 1. The monoisotopic (exact) mass is 255 g/mol. The van der Waals surface area contributed by atoms with Crippen molar-refractivity contribution in [3.63, 3.8) is 0 Å². The second-order valence-electron chi connectivity index (χ2n) is 4.38. The number of ether oxygens (including phenoxy) is 1. The fourth-order valence-corrected chi connectivity index (χ4v) is 2.24. The van der Waals surface area contributed by atoms with E-state index in [1.807, 2.05) is 18.2 Å². The van der Waals surface area contributed by atoms with Crippen molar-refractivity contribution in [2.24, 2.45) is 0 Å². The molecule has 2 rings (SSSR count). The van der Waals surface area contributed by atoms with E-state index in [9.17, 15) is 0 Å². The normalized spacial score (nSPS) is 15.3. The van der Waals surface area contributed by atoms with Crippen LogP contribution < -0.4 is 4.74 Å². The Morgan fingerprint density at radius 2 is 2.24 bits per heavy atom. The molecular formula is C13H18ClNO2. The number of aliphatic hydroxyl groups is 1. The Bertz CT molecular complexity index is 380. The van der Waals surface area contributed by atoms with E-state index < -0.39 is 0 Å². The fourth-order valence-electron chi connectivity index (χ4n) is 2.05. The Hall–Kier alpha value is -0.770. The first-order valence-electron chi connectivity index (χ1n) is 5.92. The molecule has 4 heteroatoms. The number of hydrogen-bond acceptors (Lipinski definition) is 3. The van der Waals surface area contributed by atoms with Crippen LogP contribution in [0.4, 0.5) is 0 Å². The van der Waals surface area contributed by atoms with Gasteiger partial charge in [0.05, 0.1) is 13.7 Å².